The molecule has 0 saturated carbocycles. The molecule has 0 unspecified atom stereocenters. The van der Waals surface area contributed by atoms with E-state index in [9.17, 15) is 8.42 Å². The Morgan fingerprint density at radius 1 is 1.00 bits per heavy atom. The van der Waals surface area contributed by atoms with Crippen LogP contribution in [0.2, 0.25) is 0 Å². The average Bonchev–Trinajstić information content (AvgIpc) is 2.68. The van der Waals surface area contributed by atoms with Crippen LogP contribution in [0.1, 0.15) is 36.5 Å². The lowest BCUT2D eigenvalue weighted by atomic mass is 10.0. The van der Waals surface area contributed by atoms with Crippen LogP contribution in [0.3, 0.4) is 0 Å². The molecule has 0 atom stereocenters. The highest BCUT2D eigenvalue weighted by Crippen LogP contribution is 2.18. The van der Waals surface area contributed by atoms with Crippen molar-refractivity contribution in [3.63, 3.8) is 0 Å². The van der Waals surface area contributed by atoms with Crippen LogP contribution in [0.15, 0.2) is 53.4 Å². The molecule has 146 valence electrons. The molecule has 0 radical (unpaired) electrons. The largest absolute Gasteiger partial charge is 0.379 e. The quantitative estimate of drug-likeness (QED) is 0.792. The van der Waals surface area contributed by atoms with Crippen molar-refractivity contribution in [2.75, 3.05) is 26.3 Å². The van der Waals surface area contributed by atoms with Crippen molar-refractivity contribution in [3.8, 4) is 0 Å². The zero-order valence-corrected chi connectivity index (χ0v) is 16.8. The summed E-state index contributed by atoms with van der Waals surface area (Å²) in [6, 6.07) is 15.1. The lowest BCUT2D eigenvalue weighted by Crippen LogP contribution is -2.36. The third kappa shape index (κ3) is 5.39. The molecule has 0 aromatic heterocycles. The van der Waals surface area contributed by atoms with Gasteiger partial charge in [-0.05, 0) is 34.7 Å². The van der Waals surface area contributed by atoms with Crippen LogP contribution in [0, 0.1) is 0 Å². The molecule has 1 N–H and O–H groups in total. The highest BCUT2D eigenvalue weighted by atomic mass is 32.2. The molecule has 0 spiro atoms. The van der Waals surface area contributed by atoms with Crippen molar-refractivity contribution in [3.05, 3.63) is 65.2 Å². The third-order valence-electron chi connectivity index (χ3n) is 4.93. The van der Waals surface area contributed by atoms with Crippen molar-refractivity contribution in [1.29, 1.82) is 0 Å². The molecule has 6 heteroatoms. The number of hydrogen-bond donors (Lipinski definition) is 1. The average molecular weight is 389 g/mol. The topological polar surface area (TPSA) is 58.6 Å². The summed E-state index contributed by atoms with van der Waals surface area (Å²) in [6.07, 6.45) is 0. The summed E-state index contributed by atoms with van der Waals surface area (Å²) >= 11 is 0. The molecule has 27 heavy (non-hydrogen) atoms. The molecule has 2 aromatic rings. The van der Waals surface area contributed by atoms with Crippen LogP contribution < -0.4 is 4.72 Å². The number of ether oxygens (including phenoxy) is 1. The van der Waals surface area contributed by atoms with Crippen LogP contribution in [0.25, 0.3) is 0 Å². The van der Waals surface area contributed by atoms with Crippen molar-refractivity contribution in [1.82, 2.24) is 9.62 Å². The number of morpholine rings is 1. The standard InChI is InChI=1S/C21H28N2O3S/c1-17(2)18-7-9-21(10-8-18)27(24,25)22-15-19-5-3-4-6-20(19)16-23-11-13-26-14-12-23/h3-10,17,22H,11-16H2,1-2H3. The lowest BCUT2D eigenvalue weighted by Gasteiger charge is -2.27. The fourth-order valence-corrected chi connectivity index (χ4v) is 4.18. The number of hydrogen-bond acceptors (Lipinski definition) is 4. The molecule has 0 amide bonds. The van der Waals surface area contributed by atoms with Crippen molar-refractivity contribution in [2.45, 2.75) is 37.8 Å². The second kappa shape index (κ2) is 8.97. The summed E-state index contributed by atoms with van der Waals surface area (Å²) in [5.41, 5.74) is 3.29. The van der Waals surface area contributed by atoms with Gasteiger partial charge in [-0.1, -0.05) is 50.2 Å². The van der Waals surface area contributed by atoms with E-state index in [-0.39, 0.29) is 6.54 Å². The predicted molar refractivity (Wildman–Crippen MR) is 107 cm³/mol. The molecule has 1 aliphatic rings. The molecule has 0 bridgehead atoms. The van der Waals surface area contributed by atoms with E-state index >= 15 is 0 Å². The molecule has 2 aromatic carbocycles. The van der Waals surface area contributed by atoms with Gasteiger partial charge in [0.2, 0.25) is 10.0 Å². The van der Waals surface area contributed by atoms with E-state index in [1.165, 1.54) is 0 Å². The van der Waals surface area contributed by atoms with Gasteiger partial charge in [0.1, 0.15) is 0 Å². The normalized spacial score (nSPS) is 16.0. The fourth-order valence-electron chi connectivity index (χ4n) is 3.17. The maximum absolute atomic E-state index is 12.6. The van der Waals surface area contributed by atoms with Crippen LogP contribution >= 0.6 is 0 Å². The zero-order valence-electron chi connectivity index (χ0n) is 16.0. The Labute approximate surface area is 162 Å². The Balaban J connectivity index is 1.68. The summed E-state index contributed by atoms with van der Waals surface area (Å²) < 4.78 is 33.4. The maximum Gasteiger partial charge on any atom is 0.240 e. The SMILES string of the molecule is CC(C)c1ccc(S(=O)(=O)NCc2ccccc2CN2CCOCC2)cc1. The monoisotopic (exact) mass is 388 g/mol. The zero-order chi connectivity index (χ0) is 19.3. The lowest BCUT2D eigenvalue weighted by molar-refractivity contribution is 0.0341. The first-order chi connectivity index (χ1) is 13.0. The summed E-state index contributed by atoms with van der Waals surface area (Å²) in [6.45, 7) is 8.59. The maximum atomic E-state index is 12.6. The minimum atomic E-state index is -3.53. The van der Waals surface area contributed by atoms with Crippen LogP contribution in [-0.2, 0) is 27.8 Å². The summed E-state index contributed by atoms with van der Waals surface area (Å²) in [4.78, 5) is 2.64. The minimum Gasteiger partial charge on any atom is -0.379 e. The first-order valence-electron chi connectivity index (χ1n) is 9.42. The minimum absolute atomic E-state index is 0.286. The Morgan fingerprint density at radius 3 is 2.26 bits per heavy atom. The Hall–Kier alpha value is -1.73. The molecule has 1 heterocycles. The van der Waals surface area contributed by atoms with Crippen molar-refractivity contribution in [2.24, 2.45) is 0 Å². The number of nitrogens with zero attached hydrogens (tertiary/aromatic N) is 1. The molecule has 1 fully saturated rings. The van der Waals surface area contributed by atoms with Crippen LogP contribution in [0.4, 0.5) is 0 Å². The van der Waals surface area contributed by atoms with Gasteiger partial charge in [0, 0.05) is 26.2 Å². The second-order valence-electron chi connectivity index (χ2n) is 7.21. The molecule has 1 aliphatic heterocycles. The molecular formula is C21H28N2O3S. The van der Waals surface area contributed by atoms with Crippen LogP contribution in [-0.4, -0.2) is 39.6 Å². The summed E-state index contributed by atoms with van der Waals surface area (Å²) in [7, 11) is -3.53. The fraction of sp³-hybridized carbons (Fsp3) is 0.429. The van der Waals surface area contributed by atoms with E-state index in [1.807, 2.05) is 30.3 Å². The van der Waals surface area contributed by atoms with Crippen LogP contribution in [0.5, 0.6) is 0 Å². The van der Waals surface area contributed by atoms with Gasteiger partial charge in [0.25, 0.3) is 0 Å². The third-order valence-corrected chi connectivity index (χ3v) is 6.34. The van der Waals surface area contributed by atoms with E-state index in [0.717, 1.165) is 49.5 Å². The van der Waals surface area contributed by atoms with Gasteiger partial charge in [-0.15, -0.1) is 0 Å². The second-order valence-corrected chi connectivity index (χ2v) is 8.97. The Bertz CT molecular complexity index is 842. The summed E-state index contributed by atoms with van der Waals surface area (Å²) in [5, 5.41) is 0. The Kier molecular flexibility index (Phi) is 6.65. The Morgan fingerprint density at radius 2 is 1.63 bits per heavy atom. The molecule has 5 nitrogen and oxygen atoms in total. The van der Waals surface area contributed by atoms with Gasteiger partial charge in [0.05, 0.1) is 18.1 Å². The number of sulfonamides is 1. The molecule has 1 saturated heterocycles. The number of nitrogens with one attached hydrogen (secondary N) is 1. The first-order valence-corrected chi connectivity index (χ1v) is 10.9. The van der Waals surface area contributed by atoms with Gasteiger partial charge < -0.3 is 4.74 Å². The number of benzene rings is 2. The highest BCUT2D eigenvalue weighted by molar-refractivity contribution is 7.89. The smallest absolute Gasteiger partial charge is 0.240 e. The van der Waals surface area contributed by atoms with E-state index in [2.05, 4.69) is 29.5 Å². The van der Waals surface area contributed by atoms with Crippen molar-refractivity contribution < 1.29 is 13.2 Å². The summed E-state index contributed by atoms with van der Waals surface area (Å²) in [5.74, 6) is 0.377. The van der Waals surface area contributed by atoms with E-state index in [1.54, 1.807) is 12.1 Å². The number of rotatable bonds is 7. The van der Waals surface area contributed by atoms with Gasteiger partial charge in [-0.2, -0.15) is 0 Å². The van der Waals surface area contributed by atoms with Gasteiger partial charge in [0.15, 0.2) is 0 Å². The molecule has 3 rings (SSSR count). The van der Waals surface area contributed by atoms with E-state index in [0.29, 0.717) is 10.8 Å². The van der Waals surface area contributed by atoms with Gasteiger partial charge >= 0.3 is 0 Å². The first kappa shape index (κ1) is 20.0. The van der Waals surface area contributed by atoms with Crippen molar-refractivity contribution >= 4 is 10.0 Å². The van der Waals surface area contributed by atoms with Gasteiger partial charge in [-0.3, -0.25) is 4.90 Å². The molecular weight excluding hydrogens is 360 g/mol. The van der Waals surface area contributed by atoms with E-state index in [4.69, 9.17) is 4.74 Å². The highest BCUT2D eigenvalue weighted by Gasteiger charge is 2.16. The predicted octanol–water partition coefficient (Wildman–Crippen LogP) is 3.12. The van der Waals surface area contributed by atoms with Gasteiger partial charge in [-0.25, -0.2) is 13.1 Å². The van der Waals surface area contributed by atoms with E-state index < -0.39 is 10.0 Å². The molecule has 0 aliphatic carbocycles.